The van der Waals surface area contributed by atoms with Crippen LogP contribution in [0.2, 0.25) is 0 Å². The van der Waals surface area contributed by atoms with Crippen molar-refractivity contribution in [1.29, 1.82) is 0 Å². The van der Waals surface area contributed by atoms with E-state index in [1.165, 1.54) is 6.07 Å². The summed E-state index contributed by atoms with van der Waals surface area (Å²) in [4.78, 5) is 10.8. The van der Waals surface area contributed by atoms with Crippen LogP contribution in [0.4, 0.5) is 5.69 Å². The highest BCUT2D eigenvalue weighted by Gasteiger charge is 2.26. The molecule has 0 spiro atoms. The predicted octanol–water partition coefficient (Wildman–Crippen LogP) is 2.73. The lowest BCUT2D eigenvalue weighted by atomic mass is 10.1. The van der Waals surface area contributed by atoms with Crippen LogP contribution in [-0.2, 0) is 6.61 Å². The molecule has 0 N–H and O–H groups in total. The number of para-hydroxylation sites is 3. The Labute approximate surface area is 124 Å². The normalized spacial score (nSPS) is 12.2. The summed E-state index contributed by atoms with van der Waals surface area (Å²) in [5, 5.41) is 19.5. The quantitative estimate of drug-likeness (QED) is 0.536. The number of fused-ring (bicyclic) bond motifs is 3. The summed E-state index contributed by atoms with van der Waals surface area (Å²) < 4.78 is 7.37. The highest BCUT2D eigenvalue weighted by molar-refractivity contribution is 5.72. The van der Waals surface area contributed by atoms with Crippen LogP contribution >= 0.6 is 0 Å². The average molecular weight is 294 g/mol. The first-order valence-electron chi connectivity index (χ1n) is 6.66. The van der Waals surface area contributed by atoms with Crippen LogP contribution in [0.15, 0.2) is 48.5 Å². The second-order valence-electron chi connectivity index (χ2n) is 4.83. The molecule has 0 saturated heterocycles. The molecule has 0 saturated carbocycles. The number of ether oxygens (including phenoxy) is 1. The number of rotatable bonds is 2. The lowest BCUT2D eigenvalue weighted by Crippen LogP contribution is -2.13. The molecular formula is C15H10N4O3. The summed E-state index contributed by atoms with van der Waals surface area (Å²) in [7, 11) is 0. The number of aromatic nitrogens is 3. The van der Waals surface area contributed by atoms with Crippen LogP contribution in [0.25, 0.3) is 16.9 Å². The summed E-state index contributed by atoms with van der Waals surface area (Å²) in [6.07, 6.45) is 0. The topological polar surface area (TPSA) is 83.1 Å². The minimum atomic E-state index is -0.418. The fourth-order valence-corrected chi connectivity index (χ4v) is 2.57. The van der Waals surface area contributed by atoms with Crippen molar-refractivity contribution in [3.63, 3.8) is 0 Å². The largest absolute Gasteiger partial charge is 0.485 e. The van der Waals surface area contributed by atoms with E-state index < -0.39 is 4.92 Å². The number of hydrogen-bond donors (Lipinski definition) is 0. The molecule has 0 atom stereocenters. The van der Waals surface area contributed by atoms with Crippen molar-refractivity contribution < 1.29 is 9.66 Å². The van der Waals surface area contributed by atoms with E-state index in [9.17, 15) is 10.1 Å². The van der Waals surface area contributed by atoms with Crippen LogP contribution in [0.5, 0.6) is 5.75 Å². The standard InChI is InChI=1S/C15H10N4O3/c20-19(21)11-6-2-1-5-10(11)15-13-9-22-14-8-4-3-7-12(14)18(13)17-16-15/h1-8H,9H2. The molecule has 0 radical (unpaired) electrons. The Hall–Kier alpha value is -3.22. The zero-order chi connectivity index (χ0) is 15.1. The molecule has 1 aromatic heterocycles. The molecule has 0 aliphatic carbocycles. The number of hydrogen-bond acceptors (Lipinski definition) is 5. The maximum absolute atomic E-state index is 11.2. The molecule has 3 aromatic rings. The molecular weight excluding hydrogens is 284 g/mol. The van der Waals surface area contributed by atoms with Crippen LogP contribution in [-0.4, -0.2) is 19.9 Å². The fourth-order valence-electron chi connectivity index (χ4n) is 2.57. The van der Waals surface area contributed by atoms with Gasteiger partial charge in [-0.05, 0) is 18.2 Å². The molecule has 7 nitrogen and oxygen atoms in total. The van der Waals surface area contributed by atoms with Gasteiger partial charge in [0.1, 0.15) is 29.4 Å². The zero-order valence-corrected chi connectivity index (χ0v) is 11.3. The van der Waals surface area contributed by atoms with Crippen LogP contribution < -0.4 is 4.74 Å². The van der Waals surface area contributed by atoms with Gasteiger partial charge in [-0.1, -0.05) is 29.5 Å². The molecule has 1 aliphatic rings. The number of nitro benzene ring substituents is 1. The Balaban J connectivity index is 1.92. The van der Waals surface area contributed by atoms with Crippen molar-refractivity contribution in [2.45, 2.75) is 6.61 Å². The molecule has 7 heteroatoms. The summed E-state index contributed by atoms with van der Waals surface area (Å²) in [5.74, 6) is 0.717. The smallest absolute Gasteiger partial charge is 0.278 e. The Morgan fingerprint density at radius 3 is 2.77 bits per heavy atom. The first kappa shape index (κ1) is 12.5. The minimum absolute atomic E-state index is 0.00431. The van der Waals surface area contributed by atoms with Crippen LogP contribution in [0.3, 0.4) is 0 Å². The Morgan fingerprint density at radius 1 is 1.14 bits per heavy atom. The third kappa shape index (κ3) is 1.76. The number of nitrogens with zero attached hydrogens (tertiary/aromatic N) is 4. The molecule has 0 bridgehead atoms. The highest BCUT2D eigenvalue weighted by atomic mass is 16.6. The monoisotopic (exact) mass is 294 g/mol. The van der Waals surface area contributed by atoms with E-state index in [1.54, 1.807) is 22.9 Å². The van der Waals surface area contributed by atoms with Gasteiger partial charge in [-0.2, -0.15) is 0 Å². The minimum Gasteiger partial charge on any atom is -0.485 e. The van der Waals surface area contributed by atoms with Gasteiger partial charge in [0.05, 0.1) is 10.5 Å². The van der Waals surface area contributed by atoms with Gasteiger partial charge >= 0.3 is 0 Å². The van der Waals surface area contributed by atoms with Crippen LogP contribution in [0, 0.1) is 10.1 Å². The lowest BCUT2D eigenvalue weighted by molar-refractivity contribution is -0.384. The molecule has 22 heavy (non-hydrogen) atoms. The summed E-state index contributed by atoms with van der Waals surface area (Å²) in [6, 6.07) is 14.0. The van der Waals surface area contributed by atoms with Crippen molar-refractivity contribution in [2.24, 2.45) is 0 Å². The van der Waals surface area contributed by atoms with Crippen molar-refractivity contribution in [3.8, 4) is 22.7 Å². The van der Waals surface area contributed by atoms with E-state index in [0.717, 1.165) is 5.69 Å². The van der Waals surface area contributed by atoms with Gasteiger partial charge in [0.15, 0.2) is 0 Å². The third-order valence-electron chi connectivity index (χ3n) is 3.58. The van der Waals surface area contributed by atoms with Crippen molar-refractivity contribution in [1.82, 2.24) is 15.0 Å². The molecule has 0 amide bonds. The molecule has 4 rings (SSSR count). The average Bonchev–Trinajstić information content (AvgIpc) is 2.99. The molecule has 2 heterocycles. The van der Waals surface area contributed by atoms with Gasteiger partial charge in [0, 0.05) is 6.07 Å². The number of benzene rings is 2. The molecule has 0 fully saturated rings. The van der Waals surface area contributed by atoms with Gasteiger partial charge in [0.2, 0.25) is 0 Å². The summed E-state index contributed by atoms with van der Waals surface area (Å²) >= 11 is 0. The molecule has 108 valence electrons. The van der Waals surface area contributed by atoms with Gasteiger partial charge in [-0.25, -0.2) is 4.68 Å². The molecule has 1 aliphatic heterocycles. The second-order valence-corrected chi connectivity index (χ2v) is 4.83. The predicted molar refractivity (Wildman–Crippen MR) is 77.8 cm³/mol. The Kier molecular flexibility index (Phi) is 2.65. The van der Waals surface area contributed by atoms with Crippen LogP contribution in [0.1, 0.15) is 5.69 Å². The van der Waals surface area contributed by atoms with E-state index in [1.807, 2.05) is 24.3 Å². The van der Waals surface area contributed by atoms with Gasteiger partial charge in [-0.3, -0.25) is 10.1 Å². The summed E-state index contributed by atoms with van der Waals surface area (Å²) in [5.41, 5.74) is 2.40. The zero-order valence-electron chi connectivity index (χ0n) is 11.3. The van der Waals surface area contributed by atoms with E-state index in [0.29, 0.717) is 22.7 Å². The van der Waals surface area contributed by atoms with E-state index >= 15 is 0 Å². The van der Waals surface area contributed by atoms with E-state index in [2.05, 4.69) is 10.3 Å². The van der Waals surface area contributed by atoms with E-state index in [-0.39, 0.29) is 12.3 Å². The SMILES string of the molecule is O=[N+]([O-])c1ccccc1-c1nnn2c1COc1ccccc1-2. The van der Waals surface area contributed by atoms with Crippen molar-refractivity contribution >= 4 is 5.69 Å². The van der Waals surface area contributed by atoms with Gasteiger partial charge < -0.3 is 4.74 Å². The summed E-state index contributed by atoms with van der Waals surface area (Å²) in [6.45, 7) is 0.269. The van der Waals surface area contributed by atoms with Gasteiger partial charge in [0.25, 0.3) is 5.69 Å². The van der Waals surface area contributed by atoms with Crippen molar-refractivity contribution in [3.05, 3.63) is 64.3 Å². The maximum atomic E-state index is 11.2. The third-order valence-corrected chi connectivity index (χ3v) is 3.58. The maximum Gasteiger partial charge on any atom is 0.278 e. The first-order chi connectivity index (χ1) is 10.8. The first-order valence-corrected chi connectivity index (χ1v) is 6.66. The Morgan fingerprint density at radius 2 is 1.91 bits per heavy atom. The highest BCUT2D eigenvalue weighted by Crippen LogP contribution is 2.35. The molecule has 0 unspecified atom stereocenters. The number of nitro groups is 1. The second kappa shape index (κ2) is 4.66. The lowest BCUT2D eigenvalue weighted by Gasteiger charge is -2.18. The molecule has 2 aromatic carbocycles. The van der Waals surface area contributed by atoms with Crippen molar-refractivity contribution in [2.75, 3.05) is 0 Å². The van der Waals surface area contributed by atoms with E-state index in [4.69, 9.17) is 4.74 Å². The Bertz CT molecular complexity index is 888. The fraction of sp³-hybridized carbons (Fsp3) is 0.0667. The van der Waals surface area contributed by atoms with Gasteiger partial charge in [-0.15, -0.1) is 5.10 Å².